The van der Waals surface area contributed by atoms with Crippen molar-refractivity contribution in [2.24, 2.45) is 5.10 Å². The molecule has 2 unspecified atom stereocenters. The molecule has 1 aliphatic rings. The zero-order chi connectivity index (χ0) is 14.7. The highest BCUT2D eigenvalue weighted by Crippen LogP contribution is 2.38. The molecule has 1 N–H and O–H groups in total. The van der Waals surface area contributed by atoms with Crippen LogP contribution in [-0.2, 0) is 9.53 Å². The van der Waals surface area contributed by atoms with Gasteiger partial charge in [0, 0.05) is 10.6 Å². The van der Waals surface area contributed by atoms with Crippen molar-refractivity contribution >= 4 is 23.7 Å². The molecule has 21 heavy (non-hydrogen) atoms. The predicted molar refractivity (Wildman–Crippen MR) is 81.2 cm³/mol. The number of ether oxygens (including phenoxy) is 1. The third kappa shape index (κ3) is 3.29. The Labute approximate surface area is 127 Å². The Bertz CT molecular complexity index is 673. The number of hydrogen-bond acceptors (Lipinski definition) is 3. The average molecular weight is 301 g/mol. The summed E-state index contributed by atoms with van der Waals surface area (Å²) in [4.78, 5) is 11.9. The molecule has 0 bridgehead atoms. The van der Waals surface area contributed by atoms with E-state index in [4.69, 9.17) is 16.3 Å². The minimum Gasteiger partial charge on any atom is -0.354 e. The van der Waals surface area contributed by atoms with Crippen LogP contribution in [0.4, 0.5) is 0 Å². The summed E-state index contributed by atoms with van der Waals surface area (Å²) in [6.07, 6.45) is 0.859. The minimum absolute atomic E-state index is 0.179. The van der Waals surface area contributed by atoms with Crippen LogP contribution >= 0.6 is 11.6 Å². The normalized spacial score (nSPS) is 20.4. The Hall–Kier alpha value is -2.17. The summed E-state index contributed by atoms with van der Waals surface area (Å²) in [5, 5.41) is 4.49. The molecule has 0 radical (unpaired) electrons. The molecule has 2 aromatic rings. The monoisotopic (exact) mass is 300 g/mol. The first-order valence-corrected chi connectivity index (χ1v) is 6.91. The molecule has 2 aromatic carbocycles. The van der Waals surface area contributed by atoms with E-state index < -0.39 is 6.10 Å². The van der Waals surface area contributed by atoms with E-state index in [1.165, 1.54) is 6.21 Å². The number of rotatable bonds is 4. The lowest BCUT2D eigenvalue weighted by atomic mass is 10.1. The van der Waals surface area contributed by atoms with E-state index in [2.05, 4.69) is 10.5 Å². The van der Waals surface area contributed by atoms with Gasteiger partial charge in [-0.25, -0.2) is 5.43 Å². The molecule has 1 fully saturated rings. The second kappa shape index (κ2) is 6.08. The van der Waals surface area contributed by atoms with Crippen LogP contribution in [0.2, 0.25) is 5.02 Å². The maximum Gasteiger partial charge on any atom is 0.272 e. The van der Waals surface area contributed by atoms with Crippen molar-refractivity contribution in [2.45, 2.75) is 12.2 Å². The van der Waals surface area contributed by atoms with Gasteiger partial charge in [-0.3, -0.25) is 4.79 Å². The molecule has 106 valence electrons. The number of halogens is 1. The highest BCUT2D eigenvalue weighted by molar-refractivity contribution is 6.33. The average Bonchev–Trinajstić information content (AvgIpc) is 3.31. The molecule has 0 spiro atoms. The van der Waals surface area contributed by atoms with Crippen LogP contribution in [0.5, 0.6) is 0 Å². The highest BCUT2D eigenvalue weighted by atomic mass is 35.5. The number of carbonyl (C=O) groups excluding carboxylic acids is 1. The summed E-state index contributed by atoms with van der Waals surface area (Å²) in [6.45, 7) is 0. The van der Waals surface area contributed by atoms with Gasteiger partial charge in [0.05, 0.1) is 6.21 Å². The van der Waals surface area contributed by atoms with Crippen LogP contribution < -0.4 is 5.43 Å². The number of hydrogen-bond donors (Lipinski definition) is 1. The van der Waals surface area contributed by atoms with Crippen molar-refractivity contribution in [3.63, 3.8) is 0 Å². The summed E-state index contributed by atoms with van der Waals surface area (Å²) in [5.74, 6) is -0.257. The molecular formula is C16H13ClN2O2. The van der Waals surface area contributed by atoms with E-state index in [0.29, 0.717) is 5.02 Å². The topological polar surface area (TPSA) is 54.0 Å². The molecule has 2 atom stereocenters. The fourth-order valence-corrected chi connectivity index (χ4v) is 2.20. The van der Waals surface area contributed by atoms with Gasteiger partial charge in [-0.15, -0.1) is 0 Å². The first kappa shape index (κ1) is 13.8. The van der Waals surface area contributed by atoms with Crippen molar-refractivity contribution in [3.05, 3.63) is 70.7 Å². The van der Waals surface area contributed by atoms with Gasteiger partial charge in [0.15, 0.2) is 6.10 Å². The van der Waals surface area contributed by atoms with E-state index in [9.17, 15) is 4.79 Å². The van der Waals surface area contributed by atoms with Gasteiger partial charge in [0.25, 0.3) is 5.91 Å². The van der Waals surface area contributed by atoms with Crippen LogP contribution in [0.15, 0.2) is 59.7 Å². The third-order valence-electron chi connectivity index (χ3n) is 3.16. The number of nitrogens with zero attached hydrogens (tertiary/aromatic N) is 1. The lowest BCUT2D eigenvalue weighted by Crippen LogP contribution is -2.23. The standard InChI is InChI=1S/C16H13ClN2O2/c17-13-9-5-4-8-12(13)10-18-19-16(20)15-14(21-15)11-6-2-1-3-7-11/h1-10,14-15H,(H,19,20)/b18-10+. The number of amides is 1. The predicted octanol–water partition coefficient (Wildman–Crippen LogP) is 2.93. The lowest BCUT2D eigenvalue weighted by Gasteiger charge is -1.98. The van der Waals surface area contributed by atoms with Gasteiger partial charge in [0.1, 0.15) is 6.10 Å². The summed E-state index contributed by atoms with van der Waals surface area (Å²) in [7, 11) is 0. The summed E-state index contributed by atoms with van der Waals surface area (Å²) in [6, 6.07) is 16.9. The Kier molecular flexibility index (Phi) is 3.99. The molecule has 0 aromatic heterocycles. The minimum atomic E-state index is -0.476. The molecular weight excluding hydrogens is 288 g/mol. The van der Waals surface area contributed by atoms with Crippen LogP contribution in [0, 0.1) is 0 Å². The second-order valence-electron chi connectivity index (χ2n) is 4.64. The molecule has 3 rings (SSSR count). The maximum atomic E-state index is 11.9. The van der Waals surface area contributed by atoms with Crippen LogP contribution in [0.3, 0.4) is 0 Å². The molecule has 1 aliphatic heterocycles. The van der Waals surface area contributed by atoms with Gasteiger partial charge in [-0.2, -0.15) is 5.10 Å². The first-order valence-electron chi connectivity index (χ1n) is 6.53. The van der Waals surface area contributed by atoms with Crippen LogP contribution in [0.1, 0.15) is 17.2 Å². The number of nitrogens with one attached hydrogen (secondary N) is 1. The fraction of sp³-hybridized carbons (Fsp3) is 0.125. The van der Waals surface area contributed by atoms with Crippen molar-refractivity contribution in [3.8, 4) is 0 Å². The Morgan fingerprint density at radius 3 is 2.62 bits per heavy atom. The number of benzene rings is 2. The van der Waals surface area contributed by atoms with Gasteiger partial charge in [-0.1, -0.05) is 60.1 Å². The van der Waals surface area contributed by atoms with Crippen molar-refractivity contribution in [1.29, 1.82) is 0 Å². The highest BCUT2D eigenvalue weighted by Gasteiger charge is 2.46. The molecule has 0 saturated carbocycles. The largest absolute Gasteiger partial charge is 0.354 e. The van der Waals surface area contributed by atoms with Crippen LogP contribution in [-0.4, -0.2) is 18.2 Å². The zero-order valence-corrected chi connectivity index (χ0v) is 11.8. The number of epoxide rings is 1. The lowest BCUT2D eigenvalue weighted by molar-refractivity contribution is -0.122. The Morgan fingerprint density at radius 2 is 1.86 bits per heavy atom. The number of hydrazone groups is 1. The van der Waals surface area contributed by atoms with E-state index in [1.54, 1.807) is 6.07 Å². The van der Waals surface area contributed by atoms with Crippen molar-refractivity contribution in [2.75, 3.05) is 0 Å². The molecule has 4 nitrogen and oxygen atoms in total. The van der Waals surface area contributed by atoms with Gasteiger partial charge >= 0.3 is 0 Å². The summed E-state index contributed by atoms with van der Waals surface area (Å²) >= 11 is 5.99. The third-order valence-corrected chi connectivity index (χ3v) is 3.51. The maximum absolute atomic E-state index is 11.9. The zero-order valence-electron chi connectivity index (χ0n) is 11.1. The van der Waals surface area contributed by atoms with E-state index >= 15 is 0 Å². The van der Waals surface area contributed by atoms with E-state index in [0.717, 1.165) is 11.1 Å². The molecule has 1 saturated heterocycles. The molecule has 0 aliphatic carbocycles. The molecule has 5 heteroatoms. The number of carbonyl (C=O) groups is 1. The quantitative estimate of drug-likeness (QED) is 0.536. The Morgan fingerprint density at radius 1 is 1.14 bits per heavy atom. The molecule has 1 heterocycles. The Balaban J connectivity index is 1.56. The van der Waals surface area contributed by atoms with E-state index in [1.807, 2.05) is 48.5 Å². The fourth-order valence-electron chi connectivity index (χ4n) is 2.02. The van der Waals surface area contributed by atoms with Crippen LogP contribution in [0.25, 0.3) is 0 Å². The van der Waals surface area contributed by atoms with Crippen molar-refractivity contribution < 1.29 is 9.53 Å². The molecule has 1 amide bonds. The first-order chi connectivity index (χ1) is 10.3. The smallest absolute Gasteiger partial charge is 0.272 e. The summed E-state index contributed by atoms with van der Waals surface area (Å²) in [5.41, 5.74) is 4.21. The van der Waals surface area contributed by atoms with Gasteiger partial charge < -0.3 is 4.74 Å². The SMILES string of the molecule is O=C(N/N=C/c1ccccc1Cl)C1OC1c1ccccc1. The van der Waals surface area contributed by atoms with Crippen molar-refractivity contribution in [1.82, 2.24) is 5.43 Å². The summed E-state index contributed by atoms with van der Waals surface area (Å²) < 4.78 is 5.38. The second-order valence-corrected chi connectivity index (χ2v) is 5.05. The van der Waals surface area contributed by atoms with Gasteiger partial charge in [-0.05, 0) is 11.6 Å². The van der Waals surface area contributed by atoms with E-state index in [-0.39, 0.29) is 12.0 Å². The van der Waals surface area contributed by atoms with Gasteiger partial charge in [0.2, 0.25) is 0 Å².